The largest absolute Gasteiger partial charge is 0.388 e. The lowest BCUT2D eigenvalue weighted by Gasteiger charge is -2.13. The average molecular weight is 246 g/mol. The van der Waals surface area contributed by atoms with Crippen molar-refractivity contribution >= 4 is 0 Å². The van der Waals surface area contributed by atoms with Gasteiger partial charge in [0, 0.05) is 31.4 Å². The number of aliphatic hydroxyl groups excluding tert-OH is 1. The summed E-state index contributed by atoms with van der Waals surface area (Å²) in [5, 5.41) is 18.2. The maximum atomic E-state index is 10.2. The molecular formula is C13H18N4O. The fourth-order valence-corrected chi connectivity index (χ4v) is 1.97. The van der Waals surface area contributed by atoms with Gasteiger partial charge in [0.2, 0.25) is 0 Å². The molecule has 96 valence electrons. The maximum Gasteiger partial charge on any atom is 0.108 e. The van der Waals surface area contributed by atoms with Crippen LogP contribution in [0.1, 0.15) is 35.3 Å². The summed E-state index contributed by atoms with van der Waals surface area (Å²) < 4.78 is 1.97. The molecule has 0 saturated heterocycles. The normalized spacial score (nSPS) is 12.7. The van der Waals surface area contributed by atoms with Crippen LogP contribution in [0.4, 0.5) is 0 Å². The number of nitrogens with zero attached hydrogens (tertiary/aromatic N) is 4. The standard InChI is InChI=1S/C13H18N4O/c1-9-8-11(10(2)16-15-9)12(18)4-5-13-14-6-7-17(13)3/h6-8,12,18H,4-5H2,1-3H3. The molecule has 2 heterocycles. The zero-order chi connectivity index (χ0) is 13.1. The molecule has 0 aliphatic rings. The van der Waals surface area contributed by atoms with Crippen LogP contribution in [0.15, 0.2) is 18.5 Å². The fraction of sp³-hybridized carbons (Fsp3) is 0.462. The van der Waals surface area contributed by atoms with Crippen LogP contribution >= 0.6 is 0 Å². The number of rotatable bonds is 4. The van der Waals surface area contributed by atoms with Gasteiger partial charge >= 0.3 is 0 Å². The molecule has 1 unspecified atom stereocenters. The molecular weight excluding hydrogens is 228 g/mol. The Kier molecular flexibility index (Phi) is 3.72. The monoisotopic (exact) mass is 246 g/mol. The molecule has 0 spiro atoms. The molecule has 2 aromatic rings. The van der Waals surface area contributed by atoms with Gasteiger partial charge in [-0.05, 0) is 26.3 Å². The van der Waals surface area contributed by atoms with Gasteiger partial charge in [0.25, 0.3) is 0 Å². The number of hydrogen-bond donors (Lipinski definition) is 1. The lowest BCUT2D eigenvalue weighted by atomic mass is 10.0. The summed E-state index contributed by atoms with van der Waals surface area (Å²) in [4.78, 5) is 4.25. The van der Waals surface area contributed by atoms with Gasteiger partial charge in [-0.1, -0.05) is 0 Å². The minimum absolute atomic E-state index is 0.518. The summed E-state index contributed by atoms with van der Waals surface area (Å²) >= 11 is 0. The van der Waals surface area contributed by atoms with Gasteiger partial charge in [-0.2, -0.15) is 10.2 Å². The summed E-state index contributed by atoms with van der Waals surface area (Å²) in [5.74, 6) is 0.977. The molecule has 0 aliphatic carbocycles. The minimum Gasteiger partial charge on any atom is -0.388 e. The van der Waals surface area contributed by atoms with E-state index in [4.69, 9.17) is 0 Å². The van der Waals surface area contributed by atoms with Crippen LogP contribution in [-0.4, -0.2) is 24.9 Å². The van der Waals surface area contributed by atoms with Crippen LogP contribution in [-0.2, 0) is 13.5 Å². The highest BCUT2D eigenvalue weighted by molar-refractivity contribution is 5.22. The molecule has 2 aromatic heterocycles. The van der Waals surface area contributed by atoms with E-state index < -0.39 is 6.10 Å². The average Bonchev–Trinajstić information content (AvgIpc) is 2.75. The molecule has 0 bridgehead atoms. The van der Waals surface area contributed by atoms with Gasteiger partial charge in [0.1, 0.15) is 5.82 Å². The van der Waals surface area contributed by atoms with E-state index in [-0.39, 0.29) is 0 Å². The fourth-order valence-electron chi connectivity index (χ4n) is 1.97. The van der Waals surface area contributed by atoms with E-state index in [0.29, 0.717) is 6.42 Å². The molecule has 0 fully saturated rings. The summed E-state index contributed by atoms with van der Waals surface area (Å²) in [7, 11) is 1.96. The number of imidazole rings is 1. The van der Waals surface area contributed by atoms with E-state index in [1.807, 2.05) is 37.7 Å². The summed E-state index contributed by atoms with van der Waals surface area (Å²) in [5.41, 5.74) is 2.47. The van der Waals surface area contributed by atoms with Crippen molar-refractivity contribution in [3.8, 4) is 0 Å². The van der Waals surface area contributed by atoms with Crippen molar-refractivity contribution < 1.29 is 5.11 Å². The van der Waals surface area contributed by atoms with Gasteiger partial charge in [-0.25, -0.2) is 4.98 Å². The van der Waals surface area contributed by atoms with Crippen molar-refractivity contribution in [1.29, 1.82) is 0 Å². The topological polar surface area (TPSA) is 63.8 Å². The van der Waals surface area contributed by atoms with E-state index in [1.54, 1.807) is 6.20 Å². The van der Waals surface area contributed by atoms with Gasteiger partial charge in [0.15, 0.2) is 0 Å². The van der Waals surface area contributed by atoms with Crippen LogP contribution in [0, 0.1) is 13.8 Å². The molecule has 1 atom stereocenters. The van der Waals surface area contributed by atoms with E-state index in [2.05, 4.69) is 15.2 Å². The Balaban J connectivity index is 2.06. The van der Waals surface area contributed by atoms with Crippen LogP contribution < -0.4 is 0 Å². The predicted molar refractivity (Wildman–Crippen MR) is 68.0 cm³/mol. The Morgan fingerprint density at radius 3 is 2.78 bits per heavy atom. The van der Waals surface area contributed by atoms with Crippen LogP contribution in [0.25, 0.3) is 0 Å². The SMILES string of the molecule is Cc1cc(C(O)CCc2nccn2C)c(C)nn1. The van der Waals surface area contributed by atoms with Gasteiger partial charge in [0.05, 0.1) is 17.5 Å². The summed E-state index contributed by atoms with van der Waals surface area (Å²) in [6, 6.07) is 1.89. The number of hydrogen-bond acceptors (Lipinski definition) is 4. The second kappa shape index (κ2) is 5.27. The van der Waals surface area contributed by atoms with Crippen molar-refractivity contribution in [2.24, 2.45) is 7.05 Å². The van der Waals surface area contributed by atoms with E-state index in [9.17, 15) is 5.11 Å². The highest BCUT2D eigenvalue weighted by atomic mass is 16.3. The predicted octanol–water partition coefficient (Wildman–Crippen LogP) is 1.49. The lowest BCUT2D eigenvalue weighted by Crippen LogP contribution is -2.07. The van der Waals surface area contributed by atoms with Gasteiger partial charge in [-0.15, -0.1) is 0 Å². The third-order valence-corrected chi connectivity index (χ3v) is 3.06. The smallest absolute Gasteiger partial charge is 0.108 e. The van der Waals surface area contributed by atoms with E-state index >= 15 is 0 Å². The summed E-state index contributed by atoms with van der Waals surface area (Å²) in [6.45, 7) is 3.74. The molecule has 0 aromatic carbocycles. The zero-order valence-corrected chi connectivity index (χ0v) is 11.0. The molecule has 18 heavy (non-hydrogen) atoms. The molecule has 0 amide bonds. The molecule has 0 saturated carbocycles. The molecule has 0 aliphatic heterocycles. The quantitative estimate of drug-likeness (QED) is 0.887. The number of aliphatic hydroxyl groups is 1. The van der Waals surface area contributed by atoms with E-state index in [1.165, 1.54) is 0 Å². The second-order valence-electron chi connectivity index (χ2n) is 4.54. The highest BCUT2D eigenvalue weighted by Gasteiger charge is 2.13. The molecule has 5 nitrogen and oxygen atoms in total. The Bertz CT molecular complexity index is 536. The van der Waals surface area contributed by atoms with Crippen molar-refractivity contribution in [2.75, 3.05) is 0 Å². The highest BCUT2D eigenvalue weighted by Crippen LogP contribution is 2.20. The molecule has 0 radical (unpaired) electrons. The molecule has 1 N–H and O–H groups in total. The second-order valence-corrected chi connectivity index (χ2v) is 4.54. The molecule has 2 rings (SSSR count). The summed E-state index contributed by atoms with van der Waals surface area (Å²) in [6.07, 6.45) is 4.54. The first-order valence-corrected chi connectivity index (χ1v) is 6.03. The van der Waals surface area contributed by atoms with Gasteiger partial charge in [-0.3, -0.25) is 0 Å². The van der Waals surface area contributed by atoms with Crippen LogP contribution in [0.5, 0.6) is 0 Å². The minimum atomic E-state index is -0.518. The van der Waals surface area contributed by atoms with Gasteiger partial charge < -0.3 is 9.67 Å². The molecule has 5 heteroatoms. The first-order chi connectivity index (χ1) is 8.58. The Morgan fingerprint density at radius 2 is 2.11 bits per heavy atom. The Morgan fingerprint density at radius 1 is 1.33 bits per heavy atom. The van der Waals surface area contributed by atoms with Crippen molar-refractivity contribution in [3.05, 3.63) is 41.2 Å². The Labute approximate surface area is 107 Å². The third kappa shape index (κ3) is 2.73. The number of aromatic nitrogens is 4. The first-order valence-electron chi connectivity index (χ1n) is 6.03. The van der Waals surface area contributed by atoms with Crippen LogP contribution in [0.3, 0.4) is 0 Å². The Hall–Kier alpha value is -1.75. The van der Waals surface area contributed by atoms with E-state index in [0.717, 1.165) is 29.2 Å². The number of aryl methyl sites for hydroxylation is 4. The van der Waals surface area contributed by atoms with Crippen molar-refractivity contribution in [2.45, 2.75) is 32.8 Å². The lowest BCUT2D eigenvalue weighted by molar-refractivity contribution is 0.165. The maximum absolute atomic E-state index is 10.2. The first kappa shape index (κ1) is 12.7. The van der Waals surface area contributed by atoms with Crippen molar-refractivity contribution in [3.63, 3.8) is 0 Å². The van der Waals surface area contributed by atoms with Crippen LogP contribution in [0.2, 0.25) is 0 Å². The third-order valence-electron chi connectivity index (χ3n) is 3.06. The van der Waals surface area contributed by atoms with Crippen molar-refractivity contribution in [1.82, 2.24) is 19.7 Å². The zero-order valence-electron chi connectivity index (χ0n) is 11.0.